The van der Waals surface area contributed by atoms with Crippen LogP contribution in [0.1, 0.15) is 44.1 Å². The summed E-state index contributed by atoms with van der Waals surface area (Å²) < 4.78 is 5.24. The van der Waals surface area contributed by atoms with Gasteiger partial charge in [-0.2, -0.15) is 4.98 Å². The molecular formula is C14H19Cl2N3O. The number of hydrogen-bond acceptors (Lipinski definition) is 4. The molecule has 20 heavy (non-hydrogen) atoms. The number of nitrogens with two attached hydrogens (primary N) is 1. The molecule has 0 aliphatic rings. The number of rotatable bonds is 3. The van der Waals surface area contributed by atoms with Crippen LogP contribution in [0.5, 0.6) is 0 Å². The van der Waals surface area contributed by atoms with Crippen molar-refractivity contribution in [2.45, 2.75) is 33.2 Å². The van der Waals surface area contributed by atoms with Gasteiger partial charge in [0, 0.05) is 11.4 Å². The van der Waals surface area contributed by atoms with Crippen LogP contribution in [-0.2, 0) is 6.42 Å². The van der Waals surface area contributed by atoms with Crippen molar-refractivity contribution in [3.05, 3.63) is 46.6 Å². The zero-order valence-corrected chi connectivity index (χ0v) is 13.3. The second-order valence-corrected chi connectivity index (χ2v) is 6.13. The Hall–Kier alpha value is -1.10. The molecule has 2 aromatic rings. The smallest absolute Gasteiger partial charge is 0.244 e. The van der Waals surface area contributed by atoms with Gasteiger partial charge in [-0.25, -0.2) is 0 Å². The van der Waals surface area contributed by atoms with E-state index < -0.39 is 0 Å². The zero-order chi connectivity index (χ0) is 14.0. The van der Waals surface area contributed by atoms with Crippen LogP contribution in [0.25, 0.3) is 0 Å². The van der Waals surface area contributed by atoms with E-state index in [1.54, 1.807) is 0 Å². The van der Waals surface area contributed by atoms with Crippen molar-refractivity contribution in [2.75, 3.05) is 0 Å². The summed E-state index contributed by atoms with van der Waals surface area (Å²) in [5.74, 6) is 1.12. The summed E-state index contributed by atoms with van der Waals surface area (Å²) in [6.45, 7) is 6.13. The standard InChI is InChI=1S/C14H18ClN3O.ClH/c1-14(2,3)12(16)13-17-11(18-19-13)8-9-4-6-10(15)7-5-9;/h4-7,12H,8,16H2,1-3H3;1H/t12-;/m1./s1. The fraction of sp³-hybridized carbons (Fsp3) is 0.429. The Kier molecular flexibility index (Phi) is 5.57. The molecule has 0 unspecified atom stereocenters. The van der Waals surface area contributed by atoms with Crippen molar-refractivity contribution in [1.29, 1.82) is 0 Å². The molecule has 0 radical (unpaired) electrons. The second kappa shape index (κ2) is 6.57. The number of aromatic nitrogens is 2. The number of halogens is 2. The average molecular weight is 316 g/mol. The second-order valence-electron chi connectivity index (χ2n) is 5.70. The van der Waals surface area contributed by atoms with Crippen LogP contribution in [-0.4, -0.2) is 10.1 Å². The van der Waals surface area contributed by atoms with E-state index in [0.29, 0.717) is 23.2 Å². The predicted octanol–water partition coefficient (Wildman–Crippen LogP) is 3.78. The Bertz CT molecular complexity index is 546. The monoisotopic (exact) mass is 315 g/mol. The molecule has 1 atom stereocenters. The predicted molar refractivity (Wildman–Crippen MR) is 82.2 cm³/mol. The molecule has 0 aliphatic heterocycles. The summed E-state index contributed by atoms with van der Waals surface area (Å²) in [6.07, 6.45) is 0.609. The van der Waals surface area contributed by atoms with E-state index >= 15 is 0 Å². The molecule has 1 aromatic carbocycles. The van der Waals surface area contributed by atoms with Gasteiger partial charge in [0.25, 0.3) is 0 Å². The maximum Gasteiger partial charge on any atom is 0.244 e. The lowest BCUT2D eigenvalue weighted by molar-refractivity contribution is 0.252. The first-order chi connectivity index (χ1) is 8.86. The Labute approximate surface area is 130 Å². The summed E-state index contributed by atoms with van der Waals surface area (Å²) in [7, 11) is 0. The topological polar surface area (TPSA) is 64.9 Å². The third-order valence-electron chi connectivity index (χ3n) is 2.96. The normalized spacial score (nSPS) is 12.8. The lowest BCUT2D eigenvalue weighted by Crippen LogP contribution is -2.26. The molecule has 1 aromatic heterocycles. The molecule has 0 spiro atoms. The molecular weight excluding hydrogens is 297 g/mol. The van der Waals surface area contributed by atoms with Crippen molar-refractivity contribution in [3.8, 4) is 0 Å². The quantitative estimate of drug-likeness (QED) is 0.936. The van der Waals surface area contributed by atoms with Crippen molar-refractivity contribution in [2.24, 2.45) is 11.1 Å². The van der Waals surface area contributed by atoms with Crippen LogP contribution in [0, 0.1) is 5.41 Å². The summed E-state index contributed by atoms with van der Waals surface area (Å²) in [6, 6.07) is 7.32. The minimum atomic E-state index is -0.265. The van der Waals surface area contributed by atoms with Gasteiger partial charge in [-0.1, -0.05) is 49.7 Å². The van der Waals surface area contributed by atoms with Crippen molar-refractivity contribution in [1.82, 2.24) is 10.1 Å². The lowest BCUT2D eigenvalue weighted by atomic mass is 9.87. The molecule has 0 saturated heterocycles. The summed E-state index contributed by atoms with van der Waals surface area (Å²) >= 11 is 5.84. The molecule has 0 fully saturated rings. The van der Waals surface area contributed by atoms with E-state index in [9.17, 15) is 0 Å². The highest BCUT2D eigenvalue weighted by atomic mass is 35.5. The fourth-order valence-electron chi connectivity index (χ4n) is 1.62. The van der Waals surface area contributed by atoms with Crippen LogP contribution in [0.15, 0.2) is 28.8 Å². The van der Waals surface area contributed by atoms with Crippen molar-refractivity contribution in [3.63, 3.8) is 0 Å². The molecule has 110 valence electrons. The van der Waals surface area contributed by atoms with E-state index in [1.807, 2.05) is 45.0 Å². The average Bonchev–Trinajstić information content (AvgIpc) is 2.78. The highest BCUT2D eigenvalue weighted by Gasteiger charge is 2.27. The van der Waals surface area contributed by atoms with E-state index in [1.165, 1.54) is 0 Å². The summed E-state index contributed by atoms with van der Waals surface area (Å²) in [4.78, 5) is 4.36. The van der Waals surface area contributed by atoms with Crippen LogP contribution in [0.4, 0.5) is 0 Å². The van der Waals surface area contributed by atoms with Crippen LogP contribution >= 0.6 is 24.0 Å². The Morgan fingerprint density at radius 1 is 1.25 bits per heavy atom. The first-order valence-corrected chi connectivity index (χ1v) is 6.56. The maximum atomic E-state index is 6.08. The first-order valence-electron chi connectivity index (χ1n) is 6.19. The molecule has 0 bridgehead atoms. The van der Waals surface area contributed by atoms with E-state index in [2.05, 4.69) is 10.1 Å². The summed E-state index contributed by atoms with van der Waals surface area (Å²) in [5.41, 5.74) is 7.06. The number of hydrogen-bond donors (Lipinski definition) is 1. The third kappa shape index (κ3) is 4.20. The van der Waals surface area contributed by atoms with Gasteiger partial charge in [0.15, 0.2) is 5.82 Å². The van der Waals surface area contributed by atoms with Crippen LogP contribution in [0.3, 0.4) is 0 Å². The third-order valence-corrected chi connectivity index (χ3v) is 3.21. The Morgan fingerprint density at radius 3 is 2.40 bits per heavy atom. The maximum absolute atomic E-state index is 6.08. The molecule has 0 aliphatic carbocycles. The molecule has 4 nitrogen and oxygen atoms in total. The molecule has 0 amide bonds. The van der Waals surface area contributed by atoms with Gasteiger partial charge < -0.3 is 10.3 Å². The minimum Gasteiger partial charge on any atom is -0.338 e. The SMILES string of the molecule is CC(C)(C)[C@H](N)c1nc(Cc2ccc(Cl)cc2)no1.Cl. The molecule has 0 saturated carbocycles. The van der Waals surface area contributed by atoms with E-state index in [-0.39, 0.29) is 23.9 Å². The van der Waals surface area contributed by atoms with Crippen LogP contribution < -0.4 is 5.73 Å². The van der Waals surface area contributed by atoms with Gasteiger partial charge in [0.2, 0.25) is 5.89 Å². The zero-order valence-electron chi connectivity index (χ0n) is 11.8. The number of benzene rings is 1. The number of nitrogens with zero attached hydrogens (tertiary/aromatic N) is 2. The fourth-order valence-corrected chi connectivity index (χ4v) is 1.75. The van der Waals surface area contributed by atoms with Gasteiger partial charge in [0.05, 0.1) is 6.04 Å². The van der Waals surface area contributed by atoms with Crippen LogP contribution in [0.2, 0.25) is 5.02 Å². The Morgan fingerprint density at radius 2 is 1.85 bits per heavy atom. The largest absolute Gasteiger partial charge is 0.338 e. The summed E-state index contributed by atoms with van der Waals surface area (Å²) in [5, 5.41) is 4.68. The van der Waals surface area contributed by atoms with Gasteiger partial charge in [-0.3, -0.25) is 0 Å². The van der Waals surface area contributed by atoms with Crippen molar-refractivity contribution < 1.29 is 4.52 Å². The van der Waals surface area contributed by atoms with Gasteiger partial charge in [0.1, 0.15) is 0 Å². The highest BCUT2D eigenvalue weighted by Crippen LogP contribution is 2.29. The molecule has 2 N–H and O–H groups in total. The molecule has 2 rings (SSSR count). The lowest BCUT2D eigenvalue weighted by Gasteiger charge is -2.23. The van der Waals surface area contributed by atoms with E-state index in [0.717, 1.165) is 5.56 Å². The van der Waals surface area contributed by atoms with Gasteiger partial charge in [-0.15, -0.1) is 12.4 Å². The Balaban J connectivity index is 0.00000200. The molecule has 1 heterocycles. The van der Waals surface area contributed by atoms with Gasteiger partial charge in [-0.05, 0) is 23.1 Å². The van der Waals surface area contributed by atoms with Crippen molar-refractivity contribution >= 4 is 24.0 Å². The molecule has 6 heteroatoms. The van der Waals surface area contributed by atoms with E-state index in [4.69, 9.17) is 21.9 Å². The highest BCUT2D eigenvalue weighted by molar-refractivity contribution is 6.30. The first kappa shape index (κ1) is 17.0. The minimum absolute atomic E-state index is 0. The van der Waals surface area contributed by atoms with Gasteiger partial charge >= 0.3 is 0 Å².